The van der Waals surface area contributed by atoms with Crippen molar-refractivity contribution in [3.05, 3.63) is 35.4 Å². The van der Waals surface area contributed by atoms with Gasteiger partial charge in [-0.3, -0.25) is 9.59 Å². The van der Waals surface area contributed by atoms with Crippen molar-refractivity contribution in [2.45, 2.75) is 57.2 Å². The van der Waals surface area contributed by atoms with E-state index in [0.717, 1.165) is 12.8 Å². The van der Waals surface area contributed by atoms with Crippen LogP contribution in [0.4, 0.5) is 0 Å². The van der Waals surface area contributed by atoms with Gasteiger partial charge < -0.3 is 10.2 Å². The third kappa shape index (κ3) is 2.93. The minimum Gasteiger partial charge on any atom is -0.339 e. The van der Waals surface area contributed by atoms with Crippen LogP contribution < -0.4 is 5.32 Å². The van der Waals surface area contributed by atoms with Gasteiger partial charge in [0.25, 0.3) is 5.91 Å². The molecule has 2 saturated heterocycles. The lowest BCUT2D eigenvalue weighted by atomic mass is 9.97. The largest absolute Gasteiger partial charge is 0.339 e. The van der Waals surface area contributed by atoms with Crippen LogP contribution in [-0.2, 0) is 0 Å². The van der Waals surface area contributed by atoms with E-state index in [0.29, 0.717) is 35.7 Å². The number of hydrogen-bond donors (Lipinski definition) is 1. The van der Waals surface area contributed by atoms with Gasteiger partial charge in [0.15, 0.2) is 5.78 Å². The molecule has 2 bridgehead atoms. The molecule has 22 heavy (non-hydrogen) atoms. The van der Waals surface area contributed by atoms with Crippen LogP contribution in [0, 0.1) is 0 Å². The summed E-state index contributed by atoms with van der Waals surface area (Å²) in [6, 6.07) is 8.54. The van der Waals surface area contributed by atoms with Crippen molar-refractivity contribution in [3.63, 3.8) is 0 Å². The summed E-state index contributed by atoms with van der Waals surface area (Å²) < 4.78 is 0. The predicted octanol–water partition coefficient (Wildman–Crippen LogP) is 2.63. The van der Waals surface area contributed by atoms with Gasteiger partial charge >= 0.3 is 0 Å². The number of amides is 1. The normalized spacial score (nSPS) is 26.7. The highest BCUT2D eigenvalue weighted by Gasteiger charge is 2.36. The van der Waals surface area contributed by atoms with Gasteiger partial charge in [0.05, 0.1) is 0 Å². The molecule has 2 aliphatic heterocycles. The average molecular weight is 300 g/mol. The second-order valence-electron chi connectivity index (χ2n) is 6.53. The molecule has 3 rings (SSSR count). The Bertz CT molecular complexity index is 555. The first-order valence-electron chi connectivity index (χ1n) is 8.25. The Kier molecular flexibility index (Phi) is 4.30. The summed E-state index contributed by atoms with van der Waals surface area (Å²) in [7, 11) is 1.91. The van der Waals surface area contributed by atoms with E-state index in [9.17, 15) is 9.59 Å². The number of hydrogen-bond acceptors (Lipinski definition) is 3. The third-order valence-electron chi connectivity index (χ3n) is 5.09. The molecular formula is C18H24N2O2. The van der Waals surface area contributed by atoms with E-state index in [1.807, 2.05) is 18.9 Å². The van der Waals surface area contributed by atoms with Gasteiger partial charge in [-0.15, -0.1) is 0 Å². The van der Waals surface area contributed by atoms with Crippen molar-refractivity contribution >= 4 is 11.7 Å². The van der Waals surface area contributed by atoms with Crippen LogP contribution in [-0.4, -0.2) is 41.8 Å². The highest BCUT2D eigenvalue weighted by atomic mass is 16.2. The zero-order valence-electron chi connectivity index (χ0n) is 13.3. The first-order chi connectivity index (χ1) is 10.6. The Hall–Kier alpha value is -1.68. The maximum atomic E-state index is 12.6. The van der Waals surface area contributed by atoms with E-state index in [-0.39, 0.29) is 11.7 Å². The standard InChI is InChI=1S/C18H24N2O2/c1-3-17(21)12-4-6-13(7-5-12)18(22)20(2)16-10-14-8-9-15(11-16)19-14/h4-7,14-16,19H,3,8-11H2,1-2H3. The van der Waals surface area contributed by atoms with Crippen molar-refractivity contribution < 1.29 is 9.59 Å². The lowest BCUT2D eigenvalue weighted by molar-refractivity contribution is 0.0681. The molecule has 2 fully saturated rings. The zero-order chi connectivity index (χ0) is 15.7. The maximum absolute atomic E-state index is 12.6. The molecule has 1 aromatic rings. The third-order valence-corrected chi connectivity index (χ3v) is 5.09. The molecule has 0 aromatic heterocycles. The molecule has 0 radical (unpaired) electrons. The van der Waals surface area contributed by atoms with Gasteiger partial charge in [0.2, 0.25) is 0 Å². The topological polar surface area (TPSA) is 49.4 Å². The number of benzene rings is 1. The van der Waals surface area contributed by atoms with E-state index in [1.54, 1.807) is 24.3 Å². The van der Waals surface area contributed by atoms with Gasteiger partial charge in [0, 0.05) is 42.7 Å². The van der Waals surface area contributed by atoms with Crippen LogP contribution >= 0.6 is 0 Å². The number of nitrogens with zero attached hydrogens (tertiary/aromatic N) is 1. The Morgan fingerprint density at radius 1 is 1.09 bits per heavy atom. The monoisotopic (exact) mass is 300 g/mol. The Labute approximate surface area is 131 Å². The first-order valence-corrected chi connectivity index (χ1v) is 8.25. The lowest BCUT2D eigenvalue weighted by Gasteiger charge is -2.35. The fourth-order valence-electron chi connectivity index (χ4n) is 3.72. The van der Waals surface area contributed by atoms with E-state index in [2.05, 4.69) is 5.32 Å². The van der Waals surface area contributed by atoms with E-state index < -0.39 is 0 Å². The molecule has 2 unspecified atom stereocenters. The van der Waals surface area contributed by atoms with Crippen LogP contribution in [0.25, 0.3) is 0 Å². The van der Waals surface area contributed by atoms with Crippen LogP contribution in [0.5, 0.6) is 0 Å². The SMILES string of the molecule is CCC(=O)c1ccc(C(=O)N(C)C2CC3CCC(C2)N3)cc1. The van der Waals surface area contributed by atoms with Crippen LogP contribution in [0.15, 0.2) is 24.3 Å². The minimum atomic E-state index is 0.0572. The zero-order valence-corrected chi connectivity index (χ0v) is 13.3. The number of fused-ring (bicyclic) bond motifs is 2. The van der Waals surface area contributed by atoms with Gasteiger partial charge in [0.1, 0.15) is 0 Å². The molecule has 1 amide bonds. The van der Waals surface area contributed by atoms with E-state index in [4.69, 9.17) is 0 Å². The number of ketones is 1. The summed E-state index contributed by atoms with van der Waals surface area (Å²) in [4.78, 5) is 26.2. The Morgan fingerprint density at radius 3 is 2.18 bits per heavy atom. The van der Waals surface area contributed by atoms with E-state index >= 15 is 0 Å². The maximum Gasteiger partial charge on any atom is 0.253 e. The number of carbonyl (C=O) groups is 2. The van der Waals surface area contributed by atoms with Gasteiger partial charge in [-0.25, -0.2) is 0 Å². The molecular weight excluding hydrogens is 276 g/mol. The molecule has 1 aromatic carbocycles. The average Bonchev–Trinajstić information content (AvgIpc) is 2.90. The summed E-state index contributed by atoms with van der Waals surface area (Å²) >= 11 is 0. The van der Waals surface area contributed by atoms with Crippen molar-refractivity contribution in [2.75, 3.05) is 7.05 Å². The molecule has 4 heteroatoms. The quantitative estimate of drug-likeness (QED) is 0.870. The predicted molar refractivity (Wildman–Crippen MR) is 86.1 cm³/mol. The molecule has 0 saturated carbocycles. The number of rotatable bonds is 4. The number of piperidine rings is 1. The van der Waals surface area contributed by atoms with Crippen molar-refractivity contribution in [1.82, 2.24) is 10.2 Å². The van der Waals surface area contributed by atoms with Crippen LogP contribution in [0.2, 0.25) is 0 Å². The molecule has 2 atom stereocenters. The van der Waals surface area contributed by atoms with Crippen LogP contribution in [0.3, 0.4) is 0 Å². The smallest absolute Gasteiger partial charge is 0.253 e. The molecule has 0 spiro atoms. The first kappa shape index (κ1) is 15.2. The molecule has 2 aliphatic rings. The number of nitrogens with one attached hydrogen (secondary N) is 1. The summed E-state index contributed by atoms with van der Waals surface area (Å²) in [5.41, 5.74) is 1.35. The Morgan fingerprint density at radius 2 is 1.64 bits per heavy atom. The van der Waals surface area contributed by atoms with Crippen molar-refractivity contribution in [2.24, 2.45) is 0 Å². The minimum absolute atomic E-state index is 0.0572. The highest BCUT2D eigenvalue weighted by molar-refractivity contribution is 5.98. The number of Topliss-reactive ketones (excluding diaryl/α,β-unsaturated/α-hetero) is 1. The van der Waals surface area contributed by atoms with Crippen LogP contribution in [0.1, 0.15) is 59.7 Å². The van der Waals surface area contributed by atoms with Crippen molar-refractivity contribution in [1.29, 1.82) is 0 Å². The highest BCUT2D eigenvalue weighted by Crippen LogP contribution is 2.29. The van der Waals surface area contributed by atoms with Gasteiger partial charge in [-0.1, -0.05) is 19.1 Å². The van der Waals surface area contributed by atoms with Gasteiger partial charge in [-0.05, 0) is 37.8 Å². The lowest BCUT2D eigenvalue weighted by Crippen LogP contribution is -2.48. The molecule has 2 heterocycles. The summed E-state index contributed by atoms with van der Waals surface area (Å²) in [5.74, 6) is 0.170. The molecule has 4 nitrogen and oxygen atoms in total. The fourth-order valence-corrected chi connectivity index (χ4v) is 3.72. The molecule has 0 aliphatic carbocycles. The van der Waals surface area contributed by atoms with Crippen molar-refractivity contribution in [3.8, 4) is 0 Å². The molecule has 118 valence electrons. The fraction of sp³-hybridized carbons (Fsp3) is 0.556. The van der Waals surface area contributed by atoms with E-state index in [1.165, 1.54) is 12.8 Å². The van der Waals surface area contributed by atoms with Gasteiger partial charge in [-0.2, -0.15) is 0 Å². The second-order valence-corrected chi connectivity index (χ2v) is 6.53. The number of carbonyl (C=O) groups excluding carboxylic acids is 2. The Balaban J connectivity index is 1.69. The summed E-state index contributed by atoms with van der Waals surface area (Å²) in [6.45, 7) is 1.85. The summed E-state index contributed by atoms with van der Waals surface area (Å²) in [6.07, 6.45) is 5.05. The summed E-state index contributed by atoms with van der Waals surface area (Å²) in [5, 5.41) is 3.60. The second kappa shape index (κ2) is 6.21. The molecule has 1 N–H and O–H groups in total.